The van der Waals surface area contributed by atoms with Crippen LogP contribution in [0.4, 0.5) is 14.7 Å². The van der Waals surface area contributed by atoms with E-state index in [4.69, 9.17) is 9.84 Å². The molecule has 10 heteroatoms. The molecule has 3 aromatic rings. The van der Waals surface area contributed by atoms with Crippen molar-refractivity contribution in [3.8, 4) is 17.1 Å². The van der Waals surface area contributed by atoms with E-state index in [1.165, 1.54) is 6.20 Å². The minimum Gasteiger partial charge on any atom is -0.495 e. The number of nitrogens with zero attached hydrogens (tertiary/aromatic N) is 5. The van der Waals surface area contributed by atoms with E-state index in [2.05, 4.69) is 25.6 Å². The van der Waals surface area contributed by atoms with E-state index in [9.17, 15) is 8.78 Å². The van der Waals surface area contributed by atoms with Crippen molar-refractivity contribution < 1.29 is 13.5 Å². The largest absolute Gasteiger partial charge is 0.495 e. The van der Waals surface area contributed by atoms with Gasteiger partial charge in [-0.1, -0.05) is 12.8 Å². The summed E-state index contributed by atoms with van der Waals surface area (Å²) in [6.45, 7) is 0.730. The fraction of sp³-hybridized carbons (Fsp3) is 0.500. The van der Waals surface area contributed by atoms with Crippen molar-refractivity contribution in [2.75, 3.05) is 25.5 Å². The first-order chi connectivity index (χ1) is 14.6. The quantitative estimate of drug-likeness (QED) is 0.662. The fourth-order valence-corrected chi connectivity index (χ4v) is 4.29. The molecule has 0 bridgehead atoms. The van der Waals surface area contributed by atoms with Crippen molar-refractivity contribution in [2.24, 2.45) is 0 Å². The lowest BCUT2D eigenvalue weighted by Crippen LogP contribution is -2.30. The fourth-order valence-electron chi connectivity index (χ4n) is 4.29. The van der Waals surface area contributed by atoms with E-state index in [0.29, 0.717) is 29.6 Å². The second-order valence-corrected chi connectivity index (χ2v) is 7.81. The molecular weight excluding hydrogens is 392 g/mol. The summed E-state index contributed by atoms with van der Waals surface area (Å²) in [4.78, 5) is 12.6. The Morgan fingerprint density at radius 3 is 2.77 bits per heavy atom. The first-order valence-corrected chi connectivity index (χ1v) is 10.2. The van der Waals surface area contributed by atoms with E-state index in [-0.39, 0.29) is 18.2 Å². The highest BCUT2D eigenvalue weighted by atomic mass is 19.1. The molecule has 5 rings (SSSR count). The molecule has 158 valence electrons. The Morgan fingerprint density at radius 2 is 2.03 bits per heavy atom. The number of ether oxygens (including phenoxy) is 1. The van der Waals surface area contributed by atoms with Crippen LogP contribution < -0.4 is 15.4 Å². The van der Waals surface area contributed by atoms with E-state index < -0.39 is 18.0 Å². The molecule has 1 saturated carbocycles. The van der Waals surface area contributed by atoms with Crippen LogP contribution in [0.25, 0.3) is 17.0 Å². The van der Waals surface area contributed by atoms with Gasteiger partial charge in [-0.25, -0.2) is 28.2 Å². The van der Waals surface area contributed by atoms with Crippen LogP contribution in [-0.4, -0.2) is 57.0 Å². The summed E-state index contributed by atoms with van der Waals surface area (Å²) in [5.41, 5.74) is 1.87. The third kappa shape index (κ3) is 3.34. The Balaban J connectivity index is 1.55. The Hall–Kier alpha value is -2.88. The molecule has 0 radical (unpaired) electrons. The maximum absolute atomic E-state index is 14.7. The van der Waals surface area contributed by atoms with E-state index >= 15 is 0 Å². The van der Waals surface area contributed by atoms with Gasteiger partial charge in [0.05, 0.1) is 25.5 Å². The van der Waals surface area contributed by atoms with Gasteiger partial charge < -0.3 is 15.4 Å². The van der Waals surface area contributed by atoms with E-state index in [1.54, 1.807) is 11.6 Å². The number of imidazole rings is 1. The van der Waals surface area contributed by atoms with Gasteiger partial charge in [-0.2, -0.15) is 5.10 Å². The number of halogens is 2. The highest BCUT2D eigenvalue weighted by molar-refractivity contribution is 5.62. The van der Waals surface area contributed by atoms with Crippen molar-refractivity contribution in [3.05, 3.63) is 30.0 Å². The molecule has 2 aliphatic rings. The molecule has 30 heavy (non-hydrogen) atoms. The zero-order valence-electron chi connectivity index (χ0n) is 16.6. The lowest BCUT2D eigenvalue weighted by Gasteiger charge is -2.15. The summed E-state index contributed by atoms with van der Waals surface area (Å²) in [5.74, 6) is 0.578. The lowest BCUT2D eigenvalue weighted by atomic mass is 10.0. The number of fused-ring (bicyclic) bond motifs is 1. The van der Waals surface area contributed by atoms with Gasteiger partial charge in [-0.05, 0) is 12.8 Å². The smallest absolute Gasteiger partial charge is 0.223 e. The lowest BCUT2D eigenvalue weighted by molar-refractivity contribution is 0.342. The number of aromatic nitrogens is 5. The monoisotopic (exact) mass is 415 g/mol. The number of hydrogen-bond donors (Lipinski definition) is 2. The van der Waals surface area contributed by atoms with Crippen LogP contribution in [0.1, 0.15) is 37.3 Å². The van der Waals surface area contributed by atoms with Crippen LogP contribution in [0.5, 0.6) is 5.75 Å². The molecule has 2 unspecified atom stereocenters. The molecule has 1 aliphatic heterocycles. The molecule has 2 fully saturated rings. The first-order valence-electron chi connectivity index (χ1n) is 10.2. The topological polar surface area (TPSA) is 89.3 Å². The van der Waals surface area contributed by atoms with Gasteiger partial charge in [0, 0.05) is 25.1 Å². The standard InChI is InChI=1S/C20H23F2N7O/c1-30-16-6-17-24-10-15(29(17)28-18(16)11-4-2-3-5-11)19-13(22)8-25-20(27-19)26-14-9-23-7-12(14)21/h6,8,10-12,14,23H,2-5,7,9H2,1H3,(H,25,26,27). The molecular formula is C20H23F2N7O. The molecule has 0 amide bonds. The van der Waals surface area contributed by atoms with E-state index in [1.807, 2.05) is 6.07 Å². The van der Waals surface area contributed by atoms with Crippen LogP contribution >= 0.6 is 0 Å². The molecule has 8 nitrogen and oxygen atoms in total. The SMILES string of the molecule is COc1cc2ncc(-c3nc(NC4CNCC4F)ncc3F)n2nc1C1CCCC1. The summed E-state index contributed by atoms with van der Waals surface area (Å²) in [5, 5.41) is 10.7. The number of methoxy groups -OCH3 is 1. The Bertz CT molecular complexity index is 1070. The van der Waals surface area contributed by atoms with Crippen molar-refractivity contribution in [1.29, 1.82) is 0 Å². The number of anilines is 1. The van der Waals surface area contributed by atoms with E-state index in [0.717, 1.165) is 37.6 Å². The summed E-state index contributed by atoms with van der Waals surface area (Å²) in [7, 11) is 1.62. The van der Waals surface area contributed by atoms with Crippen molar-refractivity contribution in [3.63, 3.8) is 0 Å². The average molecular weight is 415 g/mol. The van der Waals surface area contributed by atoms with Gasteiger partial charge in [0.1, 0.15) is 29.0 Å². The maximum Gasteiger partial charge on any atom is 0.223 e. The highest BCUT2D eigenvalue weighted by Crippen LogP contribution is 2.38. The molecule has 3 aromatic heterocycles. The molecule has 4 heterocycles. The highest BCUT2D eigenvalue weighted by Gasteiger charge is 2.28. The molecule has 1 aliphatic carbocycles. The third-order valence-electron chi connectivity index (χ3n) is 5.89. The minimum absolute atomic E-state index is 0.0661. The van der Waals surface area contributed by atoms with Gasteiger partial charge in [0.2, 0.25) is 5.95 Å². The summed E-state index contributed by atoms with van der Waals surface area (Å²) in [6, 6.07) is 1.36. The number of nitrogens with one attached hydrogen (secondary N) is 2. The summed E-state index contributed by atoms with van der Waals surface area (Å²) < 4.78 is 35.7. The van der Waals surface area contributed by atoms with Crippen LogP contribution in [0.15, 0.2) is 18.5 Å². The minimum atomic E-state index is -1.05. The van der Waals surface area contributed by atoms with Crippen LogP contribution in [-0.2, 0) is 0 Å². The van der Waals surface area contributed by atoms with Gasteiger partial charge in [-0.3, -0.25) is 0 Å². The molecule has 2 N–H and O–H groups in total. The zero-order valence-corrected chi connectivity index (χ0v) is 16.6. The maximum atomic E-state index is 14.7. The first kappa shape index (κ1) is 19.1. The predicted octanol–water partition coefficient (Wildman–Crippen LogP) is 2.71. The molecule has 1 saturated heterocycles. The Kier molecular flexibility index (Phi) is 4.93. The van der Waals surface area contributed by atoms with Crippen molar-refractivity contribution in [2.45, 2.75) is 43.8 Å². The number of hydrogen-bond acceptors (Lipinski definition) is 7. The van der Waals surface area contributed by atoms with Gasteiger partial charge in [-0.15, -0.1) is 0 Å². The normalized spacial score (nSPS) is 22.1. The van der Waals surface area contributed by atoms with Crippen molar-refractivity contribution >= 4 is 11.6 Å². The number of alkyl halides is 1. The van der Waals surface area contributed by atoms with Gasteiger partial charge in [0.15, 0.2) is 11.5 Å². The molecule has 2 atom stereocenters. The van der Waals surface area contributed by atoms with Gasteiger partial charge in [0.25, 0.3) is 0 Å². The van der Waals surface area contributed by atoms with Crippen LogP contribution in [0.2, 0.25) is 0 Å². The molecule has 0 aromatic carbocycles. The van der Waals surface area contributed by atoms with Crippen molar-refractivity contribution in [1.82, 2.24) is 29.9 Å². The Morgan fingerprint density at radius 1 is 1.20 bits per heavy atom. The molecule has 0 spiro atoms. The predicted molar refractivity (Wildman–Crippen MR) is 107 cm³/mol. The van der Waals surface area contributed by atoms with Gasteiger partial charge >= 0.3 is 0 Å². The second-order valence-electron chi connectivity index (χ2n) is 7.81. The van der Waals surface area contributed by atoms with Crippen LogP contribution in [0, 0.1) is 5.82 Å². The number of rotatable bonds is 5. The summed E-state index contributed by atoms with van der Waals surface area (Å²) in [6.07, 6.45) is 5.98. The Labute approximate surface area is 172 Å². The second kappa shape index (κ2) is 7.75. The zero-order chi connectivity index (χ0) is 20.7. The average Bonchev–Trinajstić information content (AvgIpc) is 3.50. The third-order valence-corrected chi connectivity index (χ3v) is 5.89. The summed E-state index contributed by atoms with van der Waals surface area (Å²) >= 11 is 0. The van der Waals surface area contributed by atoms with Crippen LogP contribution in [0.3, 0.4) is 0 Å².